The SMILES string of the molecule is C=C(C#CCO)C(F)(F)F. The van der Waals surface area contributed by atoms with Gasteiger partial charge in [-0.05, 0) is 0 Å². The Labute approximate surface area is 56.2 Å². The fourth-order valence-corrected chi connectivity index (χ4v) is 0.217. The van der Waals surface area contributed by atoms with Gasteiger partial charge in [-0.15, -0.1) is 0 Å². The molecule has 0 aliphatic carbocycles. The summed E-state index contributed by atoms with van der Waals surface area (Å²) in [5.41, 5.74) is -1.14. The molecule has 0 spiro atoms. The maximum atomic E-state index is 11.5. The molecule has 56 valence electrons. The molecule has 0 saturated carbocycles. The van der Waals surface area contributed by atoms with Crippen molar-refractivity contribution in [1.82, 2.24) is 0 Å². The lowest BCUT2D eigenvalue weighted by Gasteiger charge is -2.00. The van der Waals surface area contributed by atoms with E-state index in [0.717, 1.165) is 0 Å². The van der Waals surface area contributed by atoms with Gasteiger partial charge < -0.3 is 5.11 Å². The highest BCUT2D eigenvalue weighted by atomic mass is 19.4. The number of hydrogen-bond acceptors (Lipinski definition) is 1. The Balaban J connectivity index is 4.12. The number of alkyl halides is 3. The lowest BCUT2D eigenvalue weighted by atomic mass is 10.3. The zero-order valence-electron chi connectivity index (χ0n) is 5.00. The monoisotopic (exact) mass is 150 g/mol. The van der Waals surface area contributed by atoms with E-state index in [2.05, 4.69) is 6.58 Å². The lowest BCUT2D eigenvalue weighted by molar-refractivity contribution is -0.0868. The van der Waals surface area contributed by atoms with Crippen LogP contribution in [0.5, 0.6) is 0 Å². The molecule has 0 rings (SSSR count). The molecule has 0 bridgehead atoms. The van der Waals surface area contributed by atoms with E-state index in [4.69, 9.17) is 5.11 Å². The van der Waals surface area contributed by atoms with E-state index in [-0.39, 0.29) is 0 Å². The van der Waals surface area contributed by atoms with Crippen LogP contribution in [0.3, 0.4) is 0 Å². The van der Waals surface area contributed by atoms with Gasteiger partial charge in [0.1, 0.15) is 6.61 Å². The minimum Gasteiger partial charge on any atom is -0.384 e. The van der Waals surface area contributed by atoms with E-state index in [9.17, 15) is 13.2 Å². The van der Waals surface area contributed by atoms with Crippen LogP contribution >= 0.6 is 0 Å². The summed E-state index contributed by atoms with van der Waals surface area (Å²) in [5.74, 6) is 3.49. The van der Waals surface area contributed by atoms with E-state index < -0.39 is 18.4 Å². The summed E-state index contributed by atoms with van der Waals surface area (Å²) in [5, 5.41) is 8.00. The number of aliphatic hydroxyl groups excluding tert-OH is 1. The third-order valence-electron chi connectivity index (χ3n) is 0.661. The Morgan fingerprint density at radius 1 is 1.50 bits per heavy atom. The van der Waals surface area contributed by atoms with Crippen molar-refractivity contribution in [3.8, 4) is 11.8 Å². The second-order valence-electron chi connectivity index (χ2n) is 1.44. The molecule has 0 aromatic carbocycles. The lowest BCUT2D eigenvalue weighted by Crippen LogP contribution is -2.08. The summed E-state index contributed by atoms with van der Waals surface area (Å²) in [4.78, 5) is 0. The van der Waals surface area contributed by atoms with Crippen molar-refractivity contribution < 1.29 is 18.3 Å². The standard InChI is InChI=1S/C6H5F3O/c1-5(3-2-4-10)6(7,8)9/h10H,1,4H2. The molecule has 1 nitrogen and oxygen atoms in total. The minimum atomic E-state index is -4.47. The van der Waals surface area contributed by atoms with Crippen LogP contribution in [0.1, 0.15) is 0 Å². The van der Waals surface area contributed by atoms with E-state index >= 15 is 0 Å². The van der Waals surface area contributed by atoms with Gasteiger partial charge in [-0.25, -0.2) is 0 Å². The summed E-state index contributed by atoms with van der Waals surface area (Å²) in [6, 6.07) is 0. The fourth-order valence-electron chi connectivity index (χ4n) is 0.217. The molecular weight excluding hydrogens is 145 g/mol. The fraction of sp³-hybridized carbons (Fsp3) is 0.333. The van der Waals surface area contributed by atoms with Crippen LogP contribution in [-0.4, -0.2) is 17.9 Å². The molecule has 0 aliphatic heterocycles. The quantitative estimate of drug-likeness (QED) is 0.512. The second kappa shape index (κ2) is 3.28. The smallest absolute Gasteiger partial charge is 0.384 e. The van der Waals surface area contributed by atoms with Crippen molar-refractivity contribution in [2.24, 2.45) is 0 Å². The summed E-state index contributed by atoms with van der Waals surface area (Å²) in [7, 11) is 0. The van der Waals surface area contributed by atoms with E-state index in [1.807, 2.05) is 5.92 Å². The molecule has 0 heterocycles. The van der Waals surface area contributed by atoms with Crippen LogP contribution in [0.4, 0.5) is 13.2 Å². The van der Waals surface area contributed by atoms with Gasteiger partial charge in [-0.1, -0.05) is 18.4 Å². The Hall–Kier alpha value is -0.950. The molecule has 0 radical (unpaired) electrons. The topological polar surface area (TPSA) is 20.2 Å². The van der Waals surface area contributed by atoms with E-state index in [0.29, 0.717) is 0 Å². The van der Waals surface area contributed by atoms with E-state index in [1.165, 1.54) is 0 Å². The van der Waals surface area contributed by atoms with Crippen LogP contribution in [0.2, 0.25) is 0 Å². The molecular formula is C6H5F3O. The predicted octanol–water partition coefficient (Wildman–Crippen LogP) is 1.10. The van der Waals surface area contributed by atoms with Crippen LogP contribution in [0, 0.1) is 11.8 Å². The van der Waals surface area contributed by atoms with Crippen molar-refractivity contribution in [3.05, 3.63) is 12.2 Å². The molecule has 0 aromatic heterocycles. The second-order valence-corrected chi connectivity index (χ2v) is 1.44. The van der Waals surface area contributed by atoms with Crippen molar-refractivity contribution in [3.63, 3.8) is 0 Å². The molecule has 10 heavy (non-hydrogen) atoms. The summed E-state index contributed by atoms with van der Waals surface area (Å²) in [6.07, 6.45) is -4.47. The van der Waals surface area contributed by atoms with Gasteiger partial charge in [0, 0.05) is 0 Å². The third kappa shape index (κ3) is 3.15. The molecule has 0 aromatic rings. The molecule has 0 atom stereocenters. The van der Waals surface area contributed by atoms with Gasteiger partial charge in [0.15, 0.2) is 0 Å². The van der Waals surface area contributed by atoms with Gasteiger partial charge in [0.05, 0.1) is 5.57 Å². The highest BCUT2D eigenvalue weighted by Gasteiger charge is 2.30. The van der Waals surface area contributed by atoms with Gasteiger partial charge in [0.25, 0.3) is 0 Å². The third-order valence-corrected chi connectivity index (χ3v) is 0.661. The number of halogens is 3. The number of hydrogen-bond donors (Lipinski definition) is 1. The molecule has 0 amide bonds. The maximum Gasteiger partial charge on any atom is 0.423 e. The first kappa shape index (κ1) is 9.05. The Kier molecular flexibility index (Phi) is 2.97. The van der Waals surface area contributed by atoms with Crippen molar-refractivity contribution in [1.29, 1.82) is 0 Å². The molecule has 0 saturated heterocycles. The Morgan fingerprint density at radius 3 is 2.30 bits per heavy atom. The van der Waals surface area contributed by atoms with Gasteiger partial charge in [0.2, 0.25) is 0 Å². The Bertz CT molecular complexity index is 181. The summed E-state index contributed by atoms with van der Waals surface area (Å²) in [6.45, 7) is 2.07. The van der Waals surface area contributed by atoms with Gasteiger partial charge in [-0.3, -0.25) is 0 Å². The van der Waals surface area contributed by atoms with E-state index in [1.54, 1.807) is 5.92 Å². The first-order chi connectivity index (χ1) is 4.48. The highest BCUT2D eigenvalue weighted by molar-refractivity contribution is 5.29. The van der Waals surface area contributed by atoms with Crippen molar-refractivity contribution >= 4 is 0 Å². The summed E-state index contributed by atoms with van der Waals surface area (Å²) >= 11 is 0. The number of rotatable bonds is 0. The molecule has 0 unspecified atom stereocenters. The van der Waals surface area contributed by atoms with Crippen molar-refractivity contribution in [2.45, 2.75) is 6.18 Å². The zero-order chi connectivity index (χ0) is 8.20. The Morgan fingerprint density at radius 2 is 2.00 bits per heavy atom. The largest absolute Gasteiger partial charge is 0.423 e. The van der Waals surface area contributed by atoms with Crippen molar-refractivity contribution in [2.75, 3.05) is 6.61 Å². The van der Waals surface area contributed by atoms with Crippen LogP contribution in [0.25, 0.3) is 0 Å². The number of allylic oxidation sites excluding steroid dienone is 1. The van der Waals surface area contributed by atoms with Crippen LogP contribution in [-0.2, 0) is 0 Å². The first-order valence-corrected chi connectivity index (χ1v) is 2.34. The van der Waals surface area contributed by atoms with Crippen LogP contribution < -0.4 is 0 Å². The average Bonchev–Trinajstić information content (AvgIpc) is 1.80. The van der Waals surface area contributed by atoms with Gasteiger partial charge >= 0.3 is 6.18 Å². The molecule has 4 heteroatoms. The predicted molar refractivity (Wildman–Crippen MR) is 30.1 cm³/mol. The maximum absolute atomic E-state index is 11.5. The first-order valence-electron chi connectivity index (χ1n) is 2.34. The minimum absolute atomic E-state index is 0.588. The highest BCUT2D eigenvalue weighted by Crippen LogP contribution is 2.22. The average molecular weight is 150 g/mol. The van der Waals surface area contributed by atoms with Crippen LogP contribution in [0.15, 0.2) is 12.2 Å². The molecule has 0 fully saturated rings. The zero-order valence-corrected chi connectivity index (χ0v) is 5.00. The normalized spacial score (nSPS) is 10.0. The molecule has 0 aliphatic rings. The summed E-state index contributed by atoms with van der Waals surface area (Å²) < 4.78 is 34.5. The molecule has 1 N–H and O–H groups in total. The van der Waals surface area contributed by atoms with Gasteiger partial charge in [-0.2, -0.15) is 13.2 Å². The number of aliphatic hydroxyl groups is 1.